The van der Waals surface area contributed by atoms with Gasteiger partial charge in [-0.15, -0.1) is 23.1 Å². The molecule has 0 saturated heterocycles. The number of benzene rings is 2. The Bertz CT molecular complexity index is 1090. The molecule has 0 amide bonds. The third-order valence-electron chi connectivity index (χ3n) is 4.48. The Labute approximate surface area is 160 Å². The Morgan fingerprint density at radius 3 is 2.69 bits per heavy atom. The van der Waals surface area contributed by atoms with Gasteiger partial charge in [-0.05, 0) is 42.2 Å². The highest BCUT2D eigenvalue weighted by molar-refractivity contribution is 7.98. The van der Waals surface area contributed by atoms with Crippen molar-refractivity contribution >= 4 is 33.3 Å². The van der Waals surface area contributed by atoms with Crippen LogP contribution >= 0.6 is 23.1 Å². The highest BCUT2D eigenvalue weighted by Crippen LogP contribution is 2.39. The van der Waals surface area contributed by atoms with Crippen LogP contribution in [0.15, 0.2) is 59.2 Å². The van der Waals surface area contributed by atoms with Gasteiger partial charge in [-0.1, -0.05) is 36.4 Å². The third-order valence-corrected chi connectivity index (χ3v) is 6.40. The van der Waals surface area contributed by atoms with Gasteiger partial charge < -0.3 is 0 Å². The molecule has 2 aromatic heterocycles. The molecule has 2 nitrogen and oxygen atoms in total. The SMILES string of the molecule is Cc1ccc(-c2csc3ncnc(SCc4ccccc4F)c23)cc1C. The van der Waals surface area contributed by atoms with Gasteiger partial charge in [0.15, 0.2) is 0 Å². The van der Waals surface area contributed by atoms with Crippen LogP contribution in [0.1, 0.15) is 16.7 Å². The smallest absolute Gasteiger partial charge is 0.128 e. The number of nitrogens with zero attached hydrogens (tertiary/aromatic N) is 2. The second-order valence-electron chi connectivity index (χ2n) is 6.19. The molecule has 0 aliphatic heterocycles. The average Bonchev–Trinajstić information content (AvgIpc) is 3.08. The minimum atomic E-state index is -0.176. The first kappa shape index (κ1) is 17.2. The van der Waals surface area contributed by atoms with E-state index in [2.05, 4.69) is 47.4 Å². The number of aryl methyl sites for hydroxylation is 2. The fraction of sp³-hybridized carbons (Fsp3) is 0.143. The van der Waals surface area contributed by atoms with Crippen LogP contribution < -0.4 is 0 Å². The summed E-state index contributed by atoms with van der Waals surface area (Å²) in [6.45, 7) is 4.24. The number of hydrogen-bond donors (Lipinski definition) is 0. The van der Waals surface area contributed by atoms with Crippen molar-refractivity contribution in [2.45, 2.75) is 24.6 Å². The first-order chi connectivity index (χ1) is 12.6. The van der Waals surface area contributed by atoms with E-state index in [9.17, 15) is 4.39 Å². The van der Waals surface area contributed by atoms with Gasteiger partial charge in [0.05, 0.1) is 5.39 Å². The quantitative estimate of drug-likeness (QED) is 0.302. The standard InChI is InChI=1S/C21H17FN2S2/c1-13-7-8-15(9-14(13)2)17-11-26-21-19(17)20(23-12-24-21)25-10-16-5-3-4-6-18(16)22/h3-9,11-12H,10H2,1-2H3. The van der Waals surface area contributed by atoms with Gasteiger partial charge in [0.2, 0.25) is 0 Å². The van der Waals surface area contributed by atoms with Crippen molar-refractivity contribution in [3.8, 4) is 11.1 Å². The van der Waals surface area contributed by atoms with Crippen molar-refractivity contribution in [1.82, 2.24) is 9.97 Å². The van der Waals surface area contributed by atoms with Gasteiger partial charge in [-0.25, -0.2) is 14.4 Å². The predicted octanol–water partition coefficient (Wildman–Crippen LogP) is 6.41. The molecule has 0 N–H and O–H groups in total. The van der Waals surface area contributed by atoms with E-state index in [0.717, 1.165) is 20.8 Å². The maximum absolute atomic E-state index is 13.9. The summed E-state index contributed by atoms with van der Waals surface area (Å²) in [7, 11) is 0. The molecule has 0 radical (unpaired) electrons. The molecule has 130 valence electrons. The summed E-state index contributed by atoms with van der Waals surface area (Å²) in [6, 6.07) is 13.4. The van der Waals surface area contributed by atoms with Crippen LogP contribution in [0.3, 0.4) is 0 Å². The van der Waals surface area contributed by atoms with E-state index in [1.165, 1.54) is 22.8 Å². The molecular weight excluding hydrogens is 363 g/mol. The predicted molar refractivity (Wildman–Crippen MR) is 108 cm³/mol. The van der Waals surface area contributed by atoms with Crippen LogP contribution in [0.5, 0.6) is 0 Å². The van der Waals surface area contributed by atoms with Crippen molar-refractivity contribution in [1.29, 1.82) is 0 Å². The lowest BCUT2D eigenvalue weighted by Gasteiger charge is -2.08. The van der Waals surface area contributed by atoms with Gasteiger partial charge in [-0.2, -0.15) is 0 Å². The number of thioether (sulfide) groups is 1. The summed E-state index contributed by atoms with van der Waals surface area (Å²) in [6.07, 6.45) is 1.59. The molecule has 0 saturated carbocycles. The van der Waals surface area contributed by atoms with Crippen LogP contribution in [-0.4, -0.2) is 9.97 Å². The van der Waals surface area contributed by atoms with Crippen LogP contribution in [-0.2, 0) is 5.75 Å². The minimum absolute atomic E-state index is 0.176. The molecule has 0 unspecified atom stereocenters. The summed E-state index contributed by atoms with van der Waals surface area (Å²) >= 11 is 3.17. The van der Waals surface area contributed by atoms with Gasteiger partial charge >= 0.3 is 0 Å². The first-order valence-corrected chi connectivity index (χ1v) is 10.2. The second-order valence-corrected chi connectivity index (χ2v) is 8.01. The van der Waals surface area contributed by atoms with Crippen LogP contribution in [0.2, 0.25) is 0 Å². The summed E-state index contributed by atoms with van der Waals surface area (Å²) in [5, 5.41) is 4.09. The Balaban J connectivity index is 1.75. The molecule has 0 aliphatic carbocycles. The number of rotatable bonds is 4. The summed E-state index contributed by atoms with van der Waals surface area (Å²) < 4.78 is 13.9. The van der Waals surface area contributed by atoms with E-state index in [0.29, 0.717) is 11.3 Å². The Hall–Kier alpha value is -2.24. The fourth-order valence-electron chi connectivity index (χ4n) is 2.84. The zero-order chi connectivity index (χ0) is 18.1. The lowest BCUT2D eigenvalue weighted by atomic mass is 10.0. The Morgan fingerprint density at radius 2 is 1.88 bits per heavy atom. The van der Waals surface area contributed by atoms with Gasteiger partial charge in [0.25, 0.3) is 0 Å². The lowest BCUT2D eigenvalue weighted by molar-refractivity contribution is 0.617. The molecule has 0 spiro atoms. The second kappa shape index (κ2) is 7.17. The molecule has 0 bridgehead atoms. The molecule has 4 rings (SSSR count). The number of aromatic nitrogens is 2. The highest BCUT2D eigenvalue weighted by Gasteiger charge is 2.14. The van der Waals surface area contributed by atoms with Crippen molar-refractivity contribution < 1.29 is 4.39 Å². The van der Waals surface area contributed by atoms with Crippen LogP contribution in [0.4, 0.5) is 4.39 Å². The lowest BCUT2D eigenvalue weighted by Crippen LogP contribution is -1.90. The van der Waals surface area contributed by atoms with E-state index < -0.39 is 0 Å². The zero-order valence-electron chi connectivity index (χ0n) is 14.5. The number of hydrogen-bond acceptors (Lipinski definition) is 4. The molecule has 2 aromatic carbocycles. The maximum Gasteiger partial charge on any atom is 0.128 e. The topological polar surface area (TPSA) is 25.8 Å². The zero-order valence-corrected chi connectivity index (χ0v) is 16.1. The Morgan fingerprint density at radius 1 is 1.04 bits per heavy atom. The summed E-state index contributed by atoms with van der Waals surface area (Å²) in [4.78, 5) is 9.87. The monoisotopic (exact) mass is 380 g/mol. The molecule has 2 heterocycles. The molecule has 0 atom stereocenters. The van der Waals surface area contributed by atoms with Crippen LogP contribution in [0, 0.1) is 19.7 Å². The molecule has 5 heteroatoms. The van der Waals surface area contributed by atoms with Crippen molar-refractivity contribution in [2.75, 3.05) is 0 Å². The minimum Gasteiger partial charge on any atom is -0.229 e. The van der Waals surface area contributed by atoms with E-state index >= 15 is 0 Å². The van der Waals surface area contributed by atoms with Crippen molar-refractivity contribution in [3.63, 3.8) is 0 Å². The molecular formula is C21H17FN2S2. The Kier molecular flexibility index (Phi) is 4.74. The van der Waals surface area contributed by atoms with Gasteiger partial charge in [-0.3, -0.25) is 0 Å². The van der Waals surface area contributed by atoms with E-state index in [4.69, 9.17) is 0 Å². The molecule has 0 aliphatic rings. The third kappa shape index (κ3) is 3.24. The summed E-state index contributed by atoms with van der Waals surface area (Å²) in [5.74, 6) is 0.367. The maximum atomic E-state index is 13.9. The first-order valence-electron chi connectivity index (χ1n) is 8.29. The molecule has 0 fully saturated rings. The number of fused-ring (bicyclic) bond motifs is 1. The van der Waals surface area contributed by atoms with E-state index in [1.54, 1.807) is 35.5 Å². The fourth-order valence-corrected chi connectivity index (χ4v) is 4.82. The molecule has 26 heavy (non-hydrogen) atoms. The largest absolute Gasteiger partial charge is 0.229 e. The van der Waals surface area contributed by atoms with Crippen molar-refractivity contribution in [3.05, 3.63) is 76.7 Å². The normalized spacial score (nSPS) is 11.2. The number of halogens is 1. The average molecular weight is 381 g/mol. The van der Waals surface area contributed by atoms with E-state index in [-0.39, 0.29) is 5.82 Å². The molecule has 4 aromatic rings. The van der Waals surface area contributed by atoms with Crippen LogP contribution in [0.25, 0.3) is 21.3 Å². The van der Waals surface area contributed by atoms with Gasteiger partial charge in [0.1, 0.15) is 22.0 Å². The van der Waals surface area contributed by atoms with Gasteiger partial charge in [0, 0.05) is 16.7 Å². The van der Waals surface area contributed by atoms with E-state index in [1.807, 2.05) is 12.1 Å². The highest BCUT2D eigenvalue weighted by atomic mass is 32.2. The van der Waals surface area contributed by atoms with Crippen molar-refractivity contribution in [2.24, 2.45) is 0 Å². The number of thiophene rings is 1. The summed E-state index contributed by atoms with van der Waals surface area (Å²) in [5.41, 5.74) is 5.54.